The summed E-state index contributed by atoms with van der Waals surface area (Å²) in [7, 11) is 1.59. The number of carbonyl (C=O) groups is 1. The molecule has 0 bridgehead atoms. The van der Waals surface area contributed by atoms with Crippen molar-refractivity contribution in [2.45, 2.75) is 20.3 Å². The summed E-state index contributed by atoms with van der Waals surface area (Å²) in [5.74, 6) is 1.23. The monoisotopic (exact) mass is 383 g/mol. The van der Waals surface area contributed by atoms with Gasteiger partial charge in [0.05, 0.1) is 18.1 Å². The maximum Gasteiger partial charge on any atom is 0.206 e. The Balaban J connectivity index is 1.95. The number of rotatable bonds is 7. The highest BCUT2D eigenvalue weighted by molar-refractivity contribution is 9.10. The van der Waals surface area contributed by atoms with E-state index in [1.165, 1.54) is 11.3 Å². The van der Waals surface area contributed by atoms with E-state index >= 15 is 0 Å². The predicted octanol–water partition coefficient (Wildman–Crippen LogP) is 3.80. The Labute approximate surface area is 142 Å². The van der Waals surface area contributed by atoms with E-state index in [4.69, 9.17) is 4.74 Å². The van der Waals surface area contributed by atoms with E-state index in [9.17, 15) is 4.79 Å². The summed E-state index contributed by atoms with van der Waals surface area (Å²) in [5, 5.41) is 12.9. The number of ether oxygens (including phenoxy) is 1. The molecule has 0 atom stereocenters. The smallest absolute Gasteiger partial charge is 0.206 e. The maximum absolute atomic E-state index is 12.2. The average Bonchev–Trinajstić information content (AvgIpc) is 2.91. The molecule has 0 saturated heterocycles. The summed E-state index contributed by atoms with van der Waals surface area (Å²) in [4.78, 5) is 12.2. The Bertz CT molecular complexity index is 658. The van der Waals surface area contributed by atoms with E-state index in [0.29, 0.717) is 22.4 Å². The number of halogens is 1. The van der Waals surface area contributed by atoms with E-state index in [1.54, 1.807) is 25.3 Å². The lowest BCUT2D eigenvalue weighted by molar-refractivity contribution is 0.101. The molecule has 2 rings (SSSR count). The van der Waals surface area contributed by atoms with Crippen LogP contribution in [0.4, 0.5) is 5.13 Å². The molecular weight excluding hydrogens is 366 g/mol. The fraction of sp³-hybridized carbons (Fsp3) is 0.400. The number of aromatic nitrogens is 2. The van der Waals surface area contributed by atoms with Crippen molar-refractivity contribution in [2.75, 3.05) is 19.0 Å². The molecule has 2 aromatic rings. The zero-order chi connectivity index (χ0) is 16.1. The van der Waals surface area contributed by atoms with Gasteiger partial charge in [-0.3, -0.25) is 4.79 Å². The van der Waals surface area contributed by atoms with Gasteiger partial charge in [-0.2, -0.15) is 0 Å². The number of Topliss-reactive ketones (excluding diaryl/α,β-unsaturated/α-hetero) is 1. The predicted molar refractivity (Wildman–Crippen MR) is 92.0 cm³/mol. The van der Waals surface area contributed by atoms with Gasteiger partial charge < -0.3 is 10.1 Å². The summed E-state index contributed by atoms with van der Waals surface area (Å²) in [6, 6.07) is 5.27. The fourth-order valence-electron chi connectivity index (χ4n) is 1.85. The number of anilines is 1. The lowest BCUT2D eigenvalue weighted by atomic mass is 10.1. The largest absolute Gasteiger partial charge is 0.496 e. The molecular formula is C15H18BrN3O2S. The van der Waals surface area contributed by atoms with Crippen LogP contribution in [0.5, 0.6) is 5.75 Å². The normalized spacial score (nSPS) is 10.8. The van der Waals surface area contributed by atoms with E-state index in [-0.39, 0.29) is 12.3 Å². The Morgan fingerprint density at radius 3 is 2.82 bits per heavy atom. The standard InChI is InChI=1S/C15H18BrN3O2S/c1-9(2)6-14-18-19-15(22-14)17-8-12(20)10-4-5-13(21-3)11(16)7-10/h4-5,7,9H,6,8H2,1-3H3,(H,17,19). The molecule has 0 fully saturated rings. The van der Waals surface area contributed by atoms with Gasteiger partial charge in [0.15, 0.2) is 5.78 Å². The SMILES string of the molecule is COc1ccc(C(=O)CNc2nnc(CC(C)C)s2)cc1Br. The van der Waals surface area contributed by atoms with Crippen LogP contribution in [0, 0.1) is 5.92 Å². The molecule has 0 spiro atoms. The zero-order valence-corrected chi connectivity index (χ0v) is 15.1. The molecule has 1 N–H and O–H groups in total. The fourth-order valence-corrected chi connectivity index (χ4v) is 3.34. The molecule has 7 heteroatoms. The molecule has 1 aromatic carbocycles. The number of hydrogen-bond donors (Lipinski definition) is 1. The first kappa shape index (κ1) is 16.9. The maximum atomic E-state index is 12.2. The molecule has 5 nitrogen and oxygen atoms in total. The highest BCUT2D eigenvalue weighted by Gasteiger charge is 2.11. The molecule has 0 radical (unpaired) electrons. The van der Waals surface area contributed by atoms with E-state index in [2.05, 4.69) is 45.3 Å². The Hall–Kier alpha value is -1.47. The zero-order valence-electron chi connectivity index (χ0n) is 12.7. The molecule has 0 aliphatic heterocycles. The van der Waals surface area contributed by atoms with Gasteiger partial charge in [0.2, 0.25) is 5.13 Å². The van der Waals surface area contributed by atoms with Crippen molar-refractivity contribution in [2.24, 2.45) is 5.92 Å². The van der Waals surface area contributed by atoms with Crippen LogP contribution < -0.4 is 10.1 Å². The third-order valence-corrected chi connectivity index (χ3v) is 4.45. The Morgan fingerprint density at radius 2 is 2.18 bits per heavy atom. The number of methoxy groups -OCH3 is 1. The average molecular weight is 384 g/mol. The number of ketones is 1. The first-order valence-corrected chi connectivity index (χ1v) is 8.53. The van der Waals surface area contributed by atoms with Gasteiger partial charge >= 0.3 is 0 Å². The van der Waals surface area contributed by atoms with E-state index in [1.807, 2.05) is 0 Å². The Morgan fingerprint density at radius 1 is 1.41 bits per heavy atom. The van der Waals surface area contributed by atoms with Crippen molar-refractivity contribution in [1.29, 1.82) is 0 Å². The van der Waals surface area contributed by atoms with Crippen molar-refractivity contribution < 1.29 is 9.53 Å². The summed E-state index contributed by atoms with van der Waals surface area (Å²) >= 11 is 4.87. The van der Waals surface area contributed by atoms with Crippen LogP contribution in [0.2, 0.25) is 0 Å². The lowest BCUT2D eigenvalue weighted by Crippen LogP contribution is -2.13. The van der Waals surface area contributed by atoms with Crippen LogP contribution in [0.15, 0.2) is 22.7 Å². The van der Waals surface area contributed by atoms with Gasteiger partial charge in [0.25, 0.3) is 0 Å². The van der Waals surface area contributed by atoms with Crippen LogP contribution in [0.25, 0.3) is 0 Å². The first-order chi connectivity index (χ1) is 10.5. The quantitative estimate of drug-likeness (QED) is 0.736. The molecule has 22 heavy (non-hydrogen) atoms. The number of carbonyl (C=O) groups excluding carboxylic acids is 1. The van der Waals surface area contributed by atoms with Gasteiger partial charge in [0.1, 0.15) is 10.8 Å². The van der Waals surface area contributed by atoms with Crippen LogP contribution in [0.3, 0.4) is 0 Å². The minimum Gasteiger partial charge on any atom is -0.496 e. The first-order valence-electron chi connectivity index (χ1n) is 6.92. The molecule has 0 aliphatic rings. The van der Waals surface area contributed by atoms with Gasteiger partial charge in [-0.15, -0.1) is 10.2 Å². The van der Waals surface area contributed by atoms with Crippen molar-refractivity contribution in [3.05, 3.63) is 33.2 Å². The van der Waals surface area contributed by atoms with Gasteiger partial charge in [-0.05, 0) is 40.0 Å². The third kappa shape index (κ3) is 4.51. The second kappa shape index (κ2) is 7.69. The highest BCUT2D eigenvalue weighted by atomic mass is 79.9. The van der Waals surface area contributed by atoms with Crippen molar-refractivity contribution in [3.8, 4) is 5.75 Å². The summed E-state index contributed by atoms with van der Waals surface area (Å²) < 4.78 is 5.91. The van der Waals surface area contributed by atoms with Crippen molar-refractivity contribution in [3.63, 3.8) is 0 Å². The van der Waals surface area contributed by atoms with Gasteiger partial charge in [0, 0.05) is 12.0 Å². The molecule has 1 aromatic heterocycles. The molecule has 1 heterocycles. The molecule has 0 unspecified atom stereocenters. The topological polar surface area (TPSA) is 64.1 Å². The van der Waals surface area contributed by atoms with E-state index in [0.717, 1.165) is 15.9 Å². The van der Waals surface area contributed by atoms with Gasteiger partial charge in [-0.1, -0.05) is 25.2 Å². The second-order valence-electron chi connectivity index (χ2n) is 5.22. The number of hydrogen-bond acceptors (Lipinski definition) is 6. The van der Waals surface area contributed by atoms with E-state index < -0.39 is 0 Å². The van der Waals surface area contributed by atoms with Crippen molar-refractivity contribution in [1.82, 2.24) is 10.2 Å². The third-order valence-electron chi connectivity index (χ3n) is 2.92. The molecule has 0 amide bonds. The number of nitrogens with one attached hydrogen (secondary N) is 1. The van der Waals surface area contributed by atoms with Crippen LogP contribution >= 0.6 is 27.3 Å². The second-order valence-corrected chi connectivity index (χ2v) is 7.14. The summed E-state index contributed by atoms with van der Waals surface area (Å²) in [6.45, 7) is 4.47. The molecule has 118 valence electrons. The molecule has 0 aliphatic carbocycles. The summed E-state index contributed by atoms with van der Waals surface area (Å²) in [5.41, 5.74) is 0.618. The lowest BCUT2D eigenvalue weighted by Gasteiger charge is -2.06. The Kier molecular flexibility index (Phi) is 5.90. The van der Waals surface area contributed by atoms with Crippen LogP contribution in [0.1, 0.15) is 29.2 Å². The van der Waals surface area contributed by atoms with Crippen molar-refractivity contribution >= 4 is 38.2 Å². The minimum atomic E-state index is -0.0102. The van der Waals surface area contributed by atoms with Crippen LogP contribution in [-0.4, -0.2) is 29.6 Å². The number of benzene rings is 1. The number of nitrogens with zero attached hydrogens (tertiary/aromatic N) is 2. The van der Waals surface area contributed by atoms with Crippen LogP contribution in [-0.2, 0) is 6.42 Å². The summed E-state index contributed by atoms with van der Waals surface area (Å²) in [6.07, 6.45) is 0.902. The van der Waals surface area contributed by atoms with Gasteiger partial charge in [-0.25, -0.2) is 0 Å². The molecule has 0 saturated carbocycles. The highest BCUT2D eigenvalue weighted by Crippen LogP contribution is 2.26. The minimum absolute atomic E-state index is 0.0102.